The zero-order valence-corrected chi connectivity index (χ0v) is 11.8. The molecule has 0 aliphatic carbocycles. The van der Waals surface area contributed by atoms with Crippen molar-refractivity contribution in [3.05, 3.63) is 78.4 Å². The Labute approximate surface area is 124 Å². The van der Waals surface area contributed by atoms with Crippen molar-refractivity contribution in [2.24, 2.45) is 0 Å². The summed E-state index contributed by atoms with van der Waals surface area (Å²) in [6.07, 6.45) is 4.62. The molecule has 1 heterocycles. The third-order valence-electron chi connectivity index (χ3n) is 3.21. The molecule has 4 nitrogen and oxygen atoms in total. The quantitative estimate of drug-likeness (QED) is 0.794. The lowest BCUT2D eigenvalue weighted by Gasteiger charge is -2.10. The van der Waals surface area contributed by atoms with Gasteiger partial charge in [-0.1, -0.05) is 42.5 Å². The Bertz CT molecular complexity index is 657. The van der Waals surface area contributed by atoms with Gasteiger partial charge in [0.1, 0.15) is 0 Å². The van der Waals surface area contributed by atoms with Crippen LogP contribution < -0.4 is 0 Å². The fourth-order valence-corrected chi connectivity index (χ4v) is 2.30. The van der Waals surface area contributed by atoms with E-state index in [1.807, 2.05) is 30.3 Å². The molecule has 0 aliphatic heterocycles. The highest BCUT2D eigenvalue weighted by Gasteiger charge is 2.20. The molecular weight excluding hydrogens is 264 g/mol. The van der Waals surface area contributed by atoms with Gasteiger partial charge in [-0.05, 0) is 5.56 Å². The minimum absolute atomic E-state index is 0.0625. The molecule has 21 heavy (non-hydrogen) atoms. The van der Waals surface area contributed by atoms with Crippen molar-refractivity contribution in [2.45, 2.75) is 19.4 Å². The Balaban J connectivity index is 2.51. The lowest BCUT2D eigenvalue weighted by molar-refractivity contribution is 0.0678. The molecule has 0 bridgehead atoms. The van der Waals surface area contributed by atoms with E-state index in [4.69, 9.17) is 0 Å². The van der Waals surface area contributed by atoms with Gasteiger partial charge in [-0.25, -0.2) is 9.78 Å². The molecule has 1 aromatic heterocycles. The third-order valence-corrected chi connectivity index (χ3v) is 3.21. The van der Waals surface area contributed by atoms with Crippen molar-refractivity contribution in [2.75, 3.05) is 0 Å². The van der Waals surface area contributed by atoms with Crippen molar-refractivity contribution in [3.8, 4) is 0 Å². The number of aromatic nitrogens is 2. The number of carboxylic acids is 1. The number of allylic oxidation sites excluding steroid dienone is 2. The van der Waals surface area contributed by atoms with Crippen LogP contribution in [0.3, 0.4) is 0 Å². The summed E-state index contributed by atoms with van der Waals surface area (Å²) in [5, 5.41) is 9.38. The lowest BCUT2D eigenvalue weighted by atomic mass is 10.1. The van der Waals surface area contributed by atoms with Crippen molar-refractivity contribution >= 4 is 5.97 Å². The highest BCUT2D eigenvalue weighted by Crippen LogP contribution is 2.17. The van der Waals surface area contributed by atoms with Crippen LogP contribution in [0, 0.1) is 0 Å². The van der Waals surface area contributed by atoms with Gasteiger partial charge < -0.3 is 9.67 Å². The maximum Gasteiger partial charge on any atom is 0.372 e. The third kappa shape index (κ3) is 3.28. The molecule has 2 rings (SSSR count). The molecule has 108 valence electrons. The summed E-state index contributed by atoms with van der Waals surface area (Å²) in [7, 11) is 0. The molecule has 0 unspecified atom stereocenters. The van der Waals surface area contributed by atoms with Gasteiger partial charge in [0.15, 0.2) is 0 Å². The first-order chi connectivity index (χ1) is 10.2. The molecule has 0 atom stereocenters. The smallest absolute Gasteiger partial charge is 0.372 e. The number of imidazole rings is 1. The van der Waals surface area contributed by atoms with Crippen LogP contribution in [0.1, 0.15) is 27.6 Å². The van der Waals surface area contributed by atoms with Crippen LogP contribution in [0.25, 0.3) is 0 Å². The topological polar surface area (TPSA) is 55.1 Å². The largest absolute Gasteiger partial charge is 0.475 e. The van der Waals surface area contributed by atoms with Gasteiger partial charge in [0, 0.05) is 25.1 Å². The molecule has 0 saturated heterocycles. The zero-order valence-electron chi connectivity index (χ0n) is 11.8. The molecule has 0 amide bonds. The van der Waals surface area contributed by atoms with E-state index in [0.29, 0.717) is 19.4 Å². The second-order valence-electron chi connectivity index (χ2n) is 4.69. The van der Waals surface area contributed by atoms with E-state index in [-0.39, 0.29) is 5.82 Å². The van der Waals surface area contributed by atoms with E-state index in [2.05, 4.69) is 18.1 Å². The number of benzene rings is 1. The monoisotopic (exact) mass is 282 g/mol. The summed E-state index contributed by atoms with van der Waals surface area (Å²) in [5.74, 6) is -0.959. The van der Waals surface area contributed by atoms with E-state index in [1.165, 1.54) is 0 Å². The van der Waals surface area contributed by atoms with Crippen molar-refractivity contribution in [3.63, 3.8) is 0 Å². The fraction of sp³-hybridized carbons (Fsp3) is 0.176. The molecule has 4 heteroatoms. The molecule has 1 N–H and O–H groups in total. The molecule has 0 spiro atoms. The molecule has 0 fully saturated rings. The van der Waals surface area contributed by atoms with E-state index in [0.717, 1.165) is 17.0 Å². The molecule has 0 saturated carbocycles. The van der Waals surface area contributed by atoms with Crippen LogP contribution in [-0.2, 0) is 19.4 Å². The van der Waals surface area contributed by atoms with Crippen molar-refractivity contribution in [1.82, 2.24) is 9.55 Å². The lowest BCUT2D eigenvalue weighted by Crippen LogP contribution is -2.13. The Hall–Kier alpha value is -2.62. The molecule has 1 aromatic carbocycles. The van der Waals surface area contributed by atoms with Gasteiger partial charge in [-0.3, -0.25) is 0 Å². The number of hydrogen-bond donors (Lipinski definition) is 1. The Kier molecular flexibility index (Phi) is 4.72. The van der Waals surface area contributed by atoms with E-state index in [9.17, 15) is 9.90 Å². The zero-order chi connectivity index (χ0) is 15.2. The van der Waals surface area contributed by atoms with Crippen LogP contribution in [0.4, 0.5) is 0 Å². The van der Waals surface area contributed by atoms with Crippen LogP contribution in [-0.4, -0.2) is 20.6 Å². The second-order valence-corrected chi connectivity index (χ2v) is 4.69. The number of carboxylic acid groups (broad SMARTS) is 1. The standard InChI is InChI=1S/C17H18N2O2/c1-3-8-14-15(9-4-2)19(16(18-14)17(20)21)12-13-10-6-5-7-11-13/h3-7,10-11H,1-2,8-9,12H2,(H,20,21). The van der Waals surface area contributed by atoms with Gasteiger partial charge in [0.2, 0.25) is 5.82 Å². The summed E-state index contributed by atoms with van der Waals surface area (Å²) in [4.78, 5) is 15.7. The van der Waals surface area contributed by atoms with E-state index in [1.54, 1.807) is 16.7 Å². The van der Waals surface area contributed by atoms with Gasteiger partial charge in [-0.15, -0.1) is 13.2 Å². The fourth-order valence-electron chi connectivity index (χ4n) is 2.30. The summed E-state index contributed by atoms with van der Waals surface area (Å²) in [6, 6.07) is 9.74. The number of aromatic carboxylic acids is 1. The Morgan fingerprint density at radius 3 is 2.43 bits per heavy atom. The maximum absolute atomic E-state index is 11.5. The normalized spacial score (nSPS) is 10.3. The van der Waals surface area contributed by atoms with Crippen LogP contribution in [0.2, 0.25) is 0 Å². The van der Waals surface area contributed by atoms with Crippen molar-refractivity contribution < 1.29 is 9.90 Å². The van der Waals surface area contributed by atoms with Gasteiger partial charge in [-0.2, -0.15) is 0 Å². The average molecular weight is 282 g/mol. The first kappa shape index (κ1) is 14.8. The van der Waals surface area contributed by atoms with Crippen LogP contribution in [0.15, 0.2) is 55.6 Å². The second kappa shape index (κ2) is 6.70. The number of rotatable bonds is 7. The highest BCUT2D eigenvalue weighted by molar-refractivity contribution is 5.84. The first-order valence-electron chi connectivity index (χ1n) is 6.74. The summed E-state index contributed by atoms with van der Waals surface area (Å²) in [6.45, 7) is 7.93. The minimum Gasteiger partial charge on any atom is -0.475 e. The predicted octanol–water partition coefficient (Wildman–Crippen LogP) is 3.09. The minimum atomic E-state index is -1.02. The highest BCUT2D eigenvalue weighted by atomic mass is 16.4. The number of carbonyl (C=O) groups is 1. The Morgan fingerprint density at radius 2 is 1.86 bits per heavy atom. The van der Waals surface area contributed by atoms with Gasteiger partial charge in [0.05, 0.1) is 5.69 Å². The van der Waals surface area contributed by atoms with Gasteiger partial charge in [0.25, 0.3) is 0 Å². The predicted molar refractivity (Wildman–Crippen MR) is 82.5 cm³/mol. The summed E-state index contributed by atoms with van der Waals surface area (Å²) >= 11 is 0. The summed E-state index contributed by atoms with van der Waals surface area (Å²) < 4.78 is 1.75. The number of nitrogens with zero attached hydrogens (tertiary/aromatic N) is 2. The van der Waals surface area contributed by atoms with E-state index >= 15 is 0 Å². The van der Waals surface area contributed by atoms with Crippen LogP contribution in [0.5, 0.6) is 0 Å². The van der Waals surface area contributed by atoms with Crippen molar-refractivity contribution in [1.29, 1.82) is 0 Å². The maximum atomic E-state index is 11.5. The average Bonchev–Trinajstić information content (AvgIpc) is 2.80. The molecule has 2 aromatic rings. The molecule has 0 radical (unpaired) electrons. The van der Waals surface area contributed by atoms with E-state index < -0.39 is 5.97 Å². The molecule has 0 aliphatic rings. The summed E-state index contributed by atoms with van der Waals surface area (Å²) in [5.41, 5.74) is 2.66. The SMILES string of the molecule is C=CCc1nc(C(=O)O)n(Cc2ccccc2)c1CC=C. The first-order valence-corrected chi connectivity index (χ1v) is 6.74. The molecular formula is C17H18N2O2. The van der Waals surface area contributed by atoms with Crippen LogP contribution >= 0.6 is 0 Å². The Morgan fingerprint density at radius 1 is 1.19 bits per heavy atom. The number of hydrogen-bond acceptors (Lipinski definition) is 2. The van der Waals surface area contributed by atoms with Gasteiger partial charge >= 0.3 is 5.97 Å².